The van der Waals surface area contributed by atoms with Gasteiger partial charge in [-0.2, -0.15) is 0 Å². The second kappa shape index (κ2) is 23.7. The van der Waals surface area contributed by atoms with Gasteiger partial charge in [0.2, 0.25) is 0 Å². The highest BCUT2D eigenvalue weighted by molar-refractivity contribution is 5.89. The smallest absolute Gasteiger partial charge is 0.336 e. The molecule has 0 bridgehead atoms. The van der Waals surface area contributed by atoms with Gasteiger partial charge < -0.3 is 46.0 Å². The van der Waals surface area contributed by atoms with Crippen molar-refractivity contribution in [2.24, 2.45) is 0 Å². The molecular formula is C16H24O17. The van der Waals surface area contributed by atoms with Crippen LogP contribution in [-0.4, -0.2) is 99.8 Å². The Kier molecular flexibility index (Phi) is 28.0. The molecule has 0 unspecified atom stereocenters. The average Bonchev–Trinajstić information content (AvgIpc) is 2.59. The Labute approximate surface area is 184 Å². The van der Waals surface area contributed by atoms with Crippen molar-refractivity contribution in [3.63, 3.8) is 0 Å². The van der Waals surface area contributed by atoms with Crippen molar-refractivity contribution in [3.05, 3.63) is 12.2 Å². The summed E-state index contributed by atoms with van der Waals surface area (Å²) in [6.07, 6.45) is -0.950. The van der Waals surface area contributed by atoms with E-state index in [4.69, 9.17) is 55.5 Å². The zero-order valence-corrected chi connectivity index (χ0v) is 17.1. The van der Waals surface area contributed by atoms with E-state index in [2.05, 4.69) is 0 Å². The molecule has 17 heteroatoms. The Morgan fingerprint density at radius 2 is 0.909 bits per heavy atom. The van der Waals surface area contributed by atoms with Crippen LogP contribution in [0.5, 0.6) is 0 Å². The van der Waals surface area contributed by atoms with E-state index in [1.54, 1.807) is 6.92 Å². The van der Waals surface area contributed by atoms with Crippen molar-refractivity contribution in [1.82, 2.24) is 0 Å². The molecule has 0 aromatic carbocycles. The first kappa shape index (κ1) is 39.0. The lowest BCUT2D eigenvalue weighted by Crippen LogP contribution is -2.42. The van der Waals surface area contributed by atoms with Gasteiger partial charge in [0.05, 0.1) is 12.8 Å². The van der Waals surface area contributed by atoms with E-state index in [0.717, 1.165) is 6.92 Å². The van der Waals surface area contributed by atoms with Crippen LogP contribution in [0.3, 0.4) is 0 Å². The quantitative estimate of drug-likeness (QED) is 0.142. The minimum atomic E-state index is -2.74. The van der Waals surface area contributed by atoms with E-state index in [0.29, 0.717) is 12.2 Å². The molecule has 0 aliphatic heterocycles. The maximum Gasteiger partial charge on any atom is 0.336 e. The lowest BCUT2D eigenvalue weighted by atomic mass is 9.96. The molecule has 0 atom stereocenters. The summed E-state index contributed by atoms with van der Waals surface area (Å²) in [6.45, 7) is 2.43. The summed E-state index contributed by atoms with van der Waals surface area (Å²) in [5.74, 6) is -9.11. The largest absolute Gasteiger partial charge is 0.483 e. The fourth-order valence-corrected chi connectivity index (χ4v) is 0.857. The third kappa shape index (κ3) is 52.2. The van der Waals surface area contributed by atoms with Gasteiger partial charge in [-0.15, -0.1) is 0 Å². The van der Waals surface area contributed by atoms with Gasteiger partial charge in [0.1, 0.15) is 0 Å². The third-order valence-corrected chi connectivity index (χ3v) is 1.96. The predicted octanol–water partition coefficient (Wildman–Crippen LogP) is -1.26. The van der Waals surface area contributed by atoms with Gasteiger partial charge in [-0.3, -0.25) is 24.0 Å². The summed E-state index contributed by atoms with van der Waals surface area (Å²) in [6, 6.07) is 0. The topological polar surface area (TPSA) is 319 Å². The Hall–Kier alpha value is -4.54. The number of aliphatic hydroxyl groups is 1. The summed E-state index contributed by atoms with van der Waals surface area (Å²) >= 11 is 0. The van der Waals surface area contributed by atoms with Crippen LogP contribution in [0, 0.1) is 0 Å². The average molecular weight is 488 g/mol. The van der Waals surface area contributed by atoms with Gasteiger partial charge in [0, 0.05) is 25.5 Å². The third-order valence-electron chi connectivity index (χ3n) is 1.96. The number of hydrogen-bond donors (Lipinski definition) is 9. The van der Waals surface area contributed by atoms with Crippen molar-refractivity contribution in [2.75, 3.05) is 0 Å². The van der Waals surface area contributed by atoms with Gasteiger partial charge in [-0.05, 0) is 0 Å². The first-order valence-corrected chi connectivity index (χ1v) is 7.85. The number of carboxylic acids is 7. The summed E-state index contributed by atoms with van der Waals surface area (Å²) in [4.78, 5) is 76.3. The molecule has 0 radical (unpaired) electrons. The van der Waals surface area contributed by atoms with Crippen LogP contribution in [-0.2, 0) is 38.4 Å². The SMILES string of the molecule is CC(=O)O.CCC(=O)O.O=C(O)/C=C/C(=O)O.O=C(O)CC(O)(CC(=O)O)C(=O)O.O=CO. The van der Waals surface area contributed by atoms with E-state index in [1.165, 1.54) is 0 Å². The second-order valence-corrected chi connectivity index (χ2v) is 4.86. The Morgan fingerprint density at radius 3 is 1.00 bits per heavy atom. The number of rotatable bonds is 8. The molecule has 0 saturated heterocycles. The predicted molar refractivity (Wildman–Crippen MR) is 101 cm³/mol. The minimum Gasteiger partial charge on any atom is -0.483 e. The van der Waals surface area contributed by atoms with Gasteiger partial charge in [-0.1, -0.05) is 6.92 Å². The fraction of sp³-hybridized carbons (Fsp3) is 0.375. The first-order valence-electron chi connectivity index (χ1n) is 7.85. The van der Waals surface area contributed by atoms with E-state index in [9.17, 15) is 28.8 Å². The summed E-state index contributed by atoms with van der Waals surface area (Å²) in [5, 5.41) is 71.5. The summed E-state index contributed by atoms with van der Waals surface area (Å²) < 4.78 is 0. The maximum atomic E-state index is 10.3. The van der Waals surface area contributed by atoms with Crippen molar-refractivity contribution in [2.45, 2.75) is 38.7 Å². The highest BCUT2D eigenvalue weighted by Gasteiger charge is 2.40. The van der Waals surface area contributed by atoms with E-state index in [-0.39, 0.29) is 12.9 Å². The van der Waals surface area contributed by atoms with Crippen molar-refractivity contribution in [1.29, 1.82) is 0 Å². The molecule has 9 N–H and O–H groups in total. The molecule has 0 amide bonds. The molecule has 190 valence electrons. The molecule has 0 saturated carbocycles. The molecule has 33 heavy (non-hydrogen) atoms. The highest BCUT2D eigenvalue weighted by atomic mass is 16.4. The normalized spacial score (nSPS) is 8.82. The van der Waals surface area contributed by atoms with Crippen LogP contribution in [0.1, 0.15) is 33.1 Å². The molecule has 0 aromatic rings. The standard InChI is InChI=1S/C6H8O7.C4H4O4.C3H6O2.C2H4O2.CH2O2/c7-3(8)1-6(13,5(11)12)2-4(9)10;5-3(6)1-2-4(7)8;1-2-3(4)5;1-2(3)4;2-1-3/h13H,1-2H2,(H,7,8)(H,9,10)(H,11,12);1-2H,(H,5,6)(H,7,8);2H2,1H3,(H,4,5);1H3,(H,3,4);1H,(H,2,3)/b;2-1+;;;. The van der Waals surface area contributed by atoms with Crippen LogP contribution in [0.25, 0.3) is 0 Å². The zero-order valence-electron chi connectivity index (χ0n) is 17.1. The first-order chi connectivity index (χ1) is 14.8. The van der Waals surface area contributed by atoms with Crippen LogP contribution >= 0.6 is 0 Å². The summed E-state index contributed by atoms with van der Waals surface area (Å²) in [5.41, 5.74) is -2.74. The molecule has 0 rings (SSSR count). The number of hydrogen-bond acceptors (Lipinski definition) is 9. The Balaban J connectivity index is -0.000000111. The second-order valence-electron chi connectivity index (χ2n) is 4.86. The molecular weight excluding hydrogens is 464 g/mol. The van der Waals surface area contributed by atoms with Gasteiger partial charge >= 0.3 is 35.8 Å². The number of carboxylic acid groups (broad SMARTS) is 8. The van der Waals surface area contributed by atoms with Crippen molar-refractivity contribution < 1.29 is 84.3 Å². The molecule has 0 spiro atoms. The van der Waals surface area contributed by atoms with Gasteiger partial charge in [0.15, 0.2) is 5.60 Å². The number of aliphatic carboxylic acids is 7. The zero-order chi connectivity index (χ0) is 27.8. The molecule has 0 aromatic heterocycles. The van der Waals surface area contributed by atoms with Crippen LogP contribution in [0.15, 0.2) is 12.2 Å². The van der Waals surface area contributed by atoms with E-state index < -0.39 is 60.2 Å². The molecule has 0 fully saturated rings. The number of carbonyl (C=O) groups is 8. The Bertz CT molecular complexity index is 655. The monoisotopic (exact) mass is 488 g/mol. The van der Waals surface area contributed by atoms with Gasteiger partial charge in [-0.25, -0.2) is 14.4 Å². The summed E-state index contributed by atoms with van der Waals surface area (Å²) in [7, 11) is 0. The minimum absolute atomic E-state index is 0.222. The van der Waals surface area contributed by atoms with Crippen molar-refractivity contribution >= 4 is 48.3 Å². The lowest BCUT2D eigenvalue weighted by molar-refractivity contribution is -0.170. The van der Waals surface area contributed by atoms with E-state index >= 15 is 0 Å². The van der Waals surface area contributed by atoms with Crippen LogP contribution in [0.2, 0.25) is 0 Å². The molecule has 0 heterocycles. The Morgan fingerprint density at radius 1 is 0.697 bits per heavy atom. The van der Waals surface area contributed by atoms with Gasteiger partial charge in [0.25, 0.3) is 12.4 Å². The maximum absolute atomic E-state index is 10.3. The van der Waals surface area contributed by atoms with Crippen LogP contribution < -0.4 is 0 Å². The van der Waals surface area contributed by atoms with Crippen LogP contribution in [0.4, 0.5) is 0 Å². The molecule has 0 aliphatic carbocycles. The molecule has 0 aliphatic rings. The van der Waals surface area contributed by atoms with Crippen molar-refractivity contribution in [3.8, 4) is 0 Å². The lowest BCUT2D eigenvalue weighted by Gasteiger charge is -2.18. The molecule has 17 nitrogen and oxygen atoms in total. The van der Waals surface area contributed by atoms with E-state index in [1.807, 2.05) is 0 Å². The highest BCUT2D eigenvalue weighted by Crippen LogP contribution is 2.15. The fourth-order valence-electron chi connectivity index (χ4n) is 0.857.